The number of hydrogen-bond donors (Lipinski definition) is 2. The first-order chi connectivity index (χ1) is 11.1. The van der Waals surface area contributed by atoms with Crippen molar-refractivity contribution in [1.82, 2.24) is 10.2 Å². The highest BCUT2D eigenvalue weighted by molar-refractivity contribution is 7.99. The van der Waals surface area contributed by atoms with Crippen molar-refractivity contribution >= 4 is 17.7 Å². The number of amides is 1. The molecule has 3 rings (SSSR count). The summed E-state index contributed by atoms with van der Waals surface area (Å²) in [5, 5.41) is 13.0. The van der Waals surface area contributed by atoms with Crippen LogP contribution in [0, 0.1) is 6.92 Å². The van der Waals surface area contributed by atoms with Gasteiger partial charge in [-0.25, -0.2) is 0 Å². The number of morpholine rings is 1. The second kappa shape index (κ2) is 7.11. The molecule has 1 aromatic carbocycles. The van der Waals surface area contributed by atoms with Crippen LogP contribution in [0.5, 0.6) is 5.75 Å². The Hall–Kier alpha value is -1.24. The monoisotopic (exact) mass is 336 g/mol. The maximum absolute atomic E-state index is 12.5. The zero-order valence-electron chi connectivity index (χ0n) is 13.5. The average Bonchev–Trinajstić information content (AvgIpc) is 3.06. The predicted molar refractivity (Wildman–Crippen MR) is 92.2 cm³/mol. The third-order valence-corrected chi connectivity index (χ3v) is 5.97. The molecule has 0 bridgehead atoms. The van der Waals surface area contributed by atoms with E-state index >= 15 is 0 Å². The van der Waals surface area contributed by atoms with Crippen molar-refractivity contribution in [1.29, 1.82) is 0 Å². The highest BCUT2D eigenvalue weighted by Crippen LogP contribution is 2.33. The molecule has 1 amide bonds. The third-order valence-electron chi connectivity index (χ3n) is 4.74. The van der Waals surface area contributed by atoms with E-state index in [9.17, 15) is 9.90 Å². The van der Waals surface area contributed by atoms with Gasteiger partial charge in [-0.15, -0.1) is 0 Å². The van der Waals surface area contributed by atoms with Gasteiger partial charge in [0.25, 0.3) is 5.91 Å². The van der Waals surface area contributed by atoms with Crippen molar-refractivity contribution in [2.24, 2.45) is 0 Å². The van der Waals surface area contributed by atoms with Crippen LogP contribution in [0.15, 0.2) is 18.2 Å². The Morgan fingerprint density at radius 3 is 2.91 bits per heavy atom. The minimum atomic E-state index is -0.198. The summed E-state index contributed by atoms with van der Waals surface area (Å²) in [6.45, 7) is 5.90. The molecule has 2 fully saturated rings. The van der Waals surface area contributed by atoms with Gasteiger partial charge in [-0.2, -0.15) is 11.8 Å². The number of carbonyl (C=O) groups excluding carboxylic acids is 1. The lowest BCUT2D eigenvalue weighted by Gasteiger charge is -2.43. The summed E-state index contributed by atoms with van der Waals surface area (Å²) in [7, 11) is 0. The van der Waals surface area contributed by atoms with Crippen LogP contribution in [-0.2, 0) is 4.74 Å². The van der Waals surface area contributed by atoms with E-state index in [0.29, 0.717) is 12.1 Å². The zero-order chi connectivity index (χ0) is 16.3. The van der Waals surface area contributed by atoms with Crippen LogP contribution in [0.1, 0.15) is 22.3 Å². The van der Waals surface area contributed by atoms with Crippen LogP contribution in [0.3, 0.4) is 0 Å². The molecule has 0 aliphatic carbocycles. The molecule has 126 valence electrons. The van der Waals surface area contributed by atoms with E-state index in [1.807, 2.05) is 18.7 Å². The molecule has 1 atom stereocenters. The first-order valence-electron chi connectivity index (χ1n) is 8.09. The number of thioether (sulfide) groups is 1. The molecule has 2 N–H and O–H groups in total. The Balaban J connectivity index is 1.69. The van der Waals surface area contributed by atoms with Gasteiger partial charge >= 0.3 is 0 Å². The van der Waals surface area contributed by atoms with Gasteiger partial charge in [0.15, 0.2) is 0 Å². The zero-order valence-corrected chi connectivity index (χ0v) is 14.3. The quantitative estimate of drug-likeness (QED) is 0.875. The van der Waals surface area contributed by atoms with Gasteiger partial charge in [-0.05, 0) is 31.2 Å². The molecule has 1 aromatic rings. The number of nitrogens with zero attached hydrogens (tertiary/aromatic N) is 1. The number of hydrogen-bond acceptors (Lipinski definition) is 5. The Morgan fingerprint density at radius 2 is 2.22 bits per heavy atom. The molecular formula is C17H24N2O3S. The first kappa shape index (κ1) is 16.6. The Kier molecular flexibility index (Phi) is 5.14. The number of nitrogens with one attached hydrogen (secondary N) is 1. The molecule has 5 nitrogen and oxygen atoms in total. The van der Waals surface area contributed by atoms with Crippen molar-refractivity contribution in [3.8, 4) is 5.75 Å². The molecule has 0 spiro atoms. The lowest BCUT2D eigenvalue weighted by atomic mass is 9.95. The predicted octanol–water partition coefficient (Wildman–Crippen LogP) is 1.64. The highest BCUT2D eigenvalue weighted by atomic mass is 32.2. The highest BCUT2D eigenvalue weighted by Gasteiger charge is 2.40. The van der Waals surface area contributed by atoms with Crippen molar-refractivity contribution in [3.63, 3.8) is 0 Å². The van der Waals surface area contributed by atoms with E-state index in [2.05, 4.69) is 10.2 Å². The fraction of sp³-hybridized carbons (Fsp3) is 0.588. The fourth-order valence-corrected chi connectivity index (χ4v) is 4.78. The van der Waals surface area contributed by atoms with Gasteiger partial charge in [0.05, 0.1) is 18.8 Å². The van der Waals surface area contributed by atoms with Gasteiger partial charge in [-0.1, -0.05) is 11.6 Å². The van der Waals surface area contributed by atoms with Gasteiger partial charge in [0, 0.05) is 30.9 Å². The van der Waals surface area contributed by atoms with E-state index in [0.717, 1.165) is 49.8 Å². The summed E-state index contributed by atoms with van der Waals surface area (Å²) in [6.07, 6.45) is 1.08. The number of phenolic OH excluding ortho intramolecular Hbond substituents is 1. The fourth-order valence-electron chi connectivity index (χ4n) is 3.31. The average molecular weight is 336 g/mol. The Morgan fingerprint density at radius 1 is 1.43 bits per heavy atom. The van der Waals surface area contributed by atoms with Crippen molar-refractivity contribution in [3.05, 3.63) is 29.3 Å². The third kappa shape index (κ3) is 3.65. The molecule has 2 heterocycles. The topological polar surface area (TPSA) is 61.8 Å². The van der Waals surface area contributed by atoms with Crippen LogP contribution in [0.2, 0.25) is 0 Å². The van der Waals surface area contributed by atoms with E-state index < -0.39 is 0 Å². The van der Waals surface area contributed by atoms with Crippen molar-refractivity contribution < 1.29 is 14.6 Å². The summed E-state index contributed by atoms with van der Waals surface area (Å²) in [5.41, 5.74) is 1.34. The first-order valence-corrected chi connectivity index (χ1v) is 9.25. The van der Waals surface area contributed by atoms with Crippen LogP contribution in [0.25, 0.3) is 0 Å². The SMILES string of the molecule is Cc1ccc(O)c(C(=O)NC[C@]2(N3CCOCC3)CCSC2)c1. The van der Waals surface area contributed by atoms with E-state index in [1.165, 1.54) is 0 Å². The summed E-state index contributed by atoms with van der Waals surface area (Å²) in [6, 6.07) is 5.11. The summed E-state index contributed by atoms with van der Waals surface area (Å²) >= 11 is 1.94. The maximum Gasteiger partial charge on any atom is 0.255 e. The summed E-state index contributed by atoms with van der Waals surface area (Å²) in [5.74, 6) is 2.00. The number of carbonyl (C=O) groups is 1. The van der Waals surface area contributed by atoms with Gasteiger partial charge in [0.2, 0.25) is 0 Å². The molecule has 0 unspecified atom stereocenters. The van der Waals surface area contributed by atoms with Crippen molar-refractivity contribution in [2.75, 3.05) is 44.4 Å². The van der Waals surface area contributed by atoms with Gasteiger partial charge in [-0.3, -0.25) is 9.69 Å². The maximum atomic E-state index is 12.5. The van der Waals surface area contributed by atoms with Gasteiger partial charge < -0.3 is 15.2 Å². The molecule has 0 saturated carbocycles. The van der Waals surface area contributed by atoms with Crippen LogP contribution in [-0.4, -0.2) is 65.8 Å². The largest absolute Gasteiger partial charge is 0.507 e. The van der Waals surface area contributed by atoms with E-state index in [1.54, 1.807) is 18.2 Å². The molecule has 2 aliphatic heterocycles. The normalized spacial score (nSPS) is 25.4. The number of phenols is 1. The molecule has 0 aromatic heterocycles. The molecule has 2 saturated heterocycles. The summed E-state index contributed by atoms with van der Waals surface area (Å²) < 4.78 is 5.46. The number of aromatic hydroxyl groups is 1. The smallest absolute Gasteiger partial charge is 0.255 e. The standard InChI is InChI=1S/C17H24N2O3S/c1-13-2-3-15(20)14(10-13)16(21)18-11-17(4-9-23-12-17)19-5-7-22-8-6-19/h2-3,10,20H,4-9,11-12H2,1H3,(H,18,21)/t17-/m1/s1. The molecular weight excluding hydrogens is 312 g/mol. The number of rotatable bonds is 4. The molecule has 0 radical (unpaired) electrons. The Bertz CT molecular complexity index is 567. The minimum absolute atomic E-state index is 0.0174. The minimum Gasteiger partial charge on any atom is -0.507 e. The molecule has 2 aliphatic rings. The molecule has 23 heavy (non-hydrogen) atoms. The Labute approximate surface area is 141 Å². The van der Waals surface area contributed by atoms with Crippen LogP contribution in [0.4, 0.5) is 0 Å². The molecule has 6 heteroatoms. The number of benzene rings is 1. The summed E-state index contributed by atoms with van der Waals surface area (Å²) in [4.78, 5) is 14.9. The lowest BCUT2D eigenvalue weighted by Crippen LogP contribution is -2.59. The number of aryl methyl sites for hydroxylation is 1. The van der Waals surface area contributed by atoms with Crippen LogP contribution >= 0.6 is 11.8 Å². The number of ether oxygens (including phenoxy) is 1. The van der Waals surface area contributed by atoms with E-state index in [-0.39, 0.29) is 17.2 Å². The van der Waals surface area contributed by atoms with Gasteiger partial charge in [0.1, 0.15) is 5.75 Å². The lowest BCUT2D eigenvalue weighted by molar-refractivity contribution is -0.0129. The second-order valence-corrected chi connectivity index (χ2v) is 7.43. The van der Waals surface area contributed by atoms with Crippen molar-refractivity contribution in [2.45, 2.75) is 18.9 Å². The van der Waals surface area contributed by atoms with Crippen LogP contribution < -0.4 is 5.32 Å². The van der Waals surface area contributed by atoms with E-state index in [4.69, 9.17) is 4.74 Å². The second-order valence-electron chi connectivity index (χ2n) is 6.33.